The van der Waals surface area contributed by atoms with E-state index in [0.29, 0.717) is 0 Å². The summed E-state index contributed by atoms with van der Waals surface area (Å²) >= 11 is 6.25. The van der Waals surface area contributed by atoms with Crippen molar-refractivity contribution in [1.29, 1.82) is 0 Å². The quantitative estimate of drug-likeness (QED) is 0.369. The number of carbonyl (C=O) groups excluding carboxylic acids is 2. The molecule has 5 nitrogen and oxygen atoms in total. The minimum atomic E-state index is -4.57. The van der Waals surface area contributed by atoms with Crippen LogP contribution in [0.15, 0.2) is 62.8 Å². The summed E-state index contributed by atoms with van der Waals surface area (Å²) in [6.07, 6.45) is -3.85. The van der Waals surface area contributed by atoms with E-state index in [9.17, 15) is 27.6 Å². The van der Waals surface area contributed by atoms with Crippen molar-refractivity contribution >= 4 is 56.5 Å². The molecule has 2 aromatic carbocycles. The summed E-state index contributed by atoms with van der Waals surface area (Å²) in [6.45, 7) is 0. The number of hydrogen-bond acceptors (Lipinski definition) is 5. The maximum Gasteiger partial charge on any atom is 0.416 e. The molecule has 7 atom stereocenters. The third-order valence-corrected chi connectivity index (χ3v) is 11.5. The summed E-state index contributed by atoms with van der Waals surface area (Å²) in [7, 11) is 0. The van der Waals surface area contributed by atoms with Crippen molar-refractivity contribution in [3.05, 3.63) is 78.7 Å². The van der Waals surface area contributed by atoms with Gasteiger partial charge in [-0.1, -0.05) is 45.5 Å². The molecule has 3 aromatic rings. The van der Waals surface area contributed by atoms with E-state index in [1.165, 1.54) is 23.5 Å². The Labute approximate surface area is 225 Å². The number of H-pyrrole nitrogens is 1. The third kappa shape index (κ3) is 3.39. The van der Waals surface area contributed by atoms with Gasteiger partial charge >= 0.3 is 11.0 Å². The predicted molar refractivity (Wildman–Crippen MR) is 137 cm³/mol. The van der Waals surface area contributed by atoms with Gasteiger partial charge in [0.25, 0.3) is 0 Å². The lowest BCUT2D eigenvalue weighted by molar-refractivity contribution is -0.137. The van der Waals surface area contributed by atoms with Crippen molar-refractivity contribution in [2.45, 2.75) is 28.8 Å². The van der Waals surface area contributed by atoms with Crippen LogP contribution in [0.1, 0.15) is 28.3 Å². The maximum atomic E-state index is 13.7. The number of thioether (sulfide) groups is 1. The fraction of sp³-hybridized carbons (Fsp3) is 0.346. The van der Waals surface area contributed by atoms with Crippen LogP contribution in [-0.4, -0.2) is 22.0 Å². The van der Waals surface area contributed by atoms with E-state index in [1.807, 2.05) is 24.3 Å². The highest BCUT2D eigenvalue weighted by molar-refractivity contribution is 9.10. The van der Waals surface area contributed by atoms with E-state index >= 15 is 0 Å². The Bertz CT molecular complexity index is 1520. The number of benzene rings is 2. The van der Waals surface area contributed by atoms with Crippen molar-refractivity contribution in [2.75, 3.05) is 4.90 Å². The predicted octanol–water partition coefficient (Wildman–Crippen LogP) is 5.90. The number of amides is 2. The maximum absolute atomic E-state index is 13.7. The molecule has 3 heterocycles. The molecular weight excluding hydrogens is 589 g/mol. The highest BCUT2D eigenvalue weighted by Gasteiger charge is 2.69. The lowest BCUT2D eigenvalue weighted by Gasteiger charge is -2.43. The normalized spacial score (nSPS) is 32.0. The van der Waals surface area contributed by atoms with Crippen molar-refractivity contribution < 1.29 is 22.8 Å². The van der Waals surface area contributed by atoms with Gasteiger partial charge in [-0.2, -0.15) is 13.2 Å². The van der Waals surface area contributed by atoms with Gasteiger partial charge in [-0.05, 0) is 60.1 Å². The van der Waals surface area contributed by atoms with Gasteiger partial charge < -0.3 is 4.98 Å². The number of aromatic amines is 1. The van der Waals surface area contributed by atoms with Gasteiger partial charge in [-0.25, -0.2) is 0 Å². The molecular formula is C26H18BrF3N2O3S2. The van der Waals surface area contributed by atoms with Crippen LogP contribution in [0.2, 0.25) is 0 Å². The molecule has 1 N–H and O–H groups in total. The van der Waals surface area contributed by atoms with Crippen molar-refractivity contribution in [2.24, 2.45) is 29.6 Å². The zero-order valence-electron chi connectivity index (χ0n) is 18.9. The second kappa shape index (κ2) is 8.07. The number of thiazole rings is 1. The summed E-state index contributed by atoms with van der Waals surface area (Å²) in [5, 5.41) is 0.843. The molecule has 2 aliphatic heterocycles. The number of fused-ring (bicyclic) bond motifs is 9. The number of nitrogens with zero attached hydrogens (tertiary/aromatic N) is 1. The standard InChI is InChI=1S/C26H18BrF3N2O3S2/c27-12-6-4-10(5-7-12)16-17-14-9-15(20(17)36-22-21(16)37-25(35)31-22)19-18(14)23(33)32(24(19)34)13-3-1-2-11(8-13)26(28,29)30/h1-8,14-20H,9H2,(H,31,35)/t14-,15-,16-,17-,18-,19-,20+/m0/s1. The zero-order valence-corrected chi connectivity index (χ0v) is 22.1. The van der Waals surface area contributed by atoms with Gasteiger partial charge in [0.15, 0.2) is 0 Å². The van der Waals surface area contributed by atoms with Gasteiger partial charge in [-0.3, -0.25) is 19.3 Å². The largest absolute Gasteiger partial charge is 0.416 e. The topological polar surface area (TPSA) is 70.2 Å². The molecule has 0 radical (unpaired) electrons. The molecule has 1 aromatic heterocycles. The summed E-state index contributed by atoms with van der Waals surface area (Å²) in [6, 6.07) is 12.4. The highest BCUT2D eigenvalue weighted by atomic mass is 79.9. The molecule has 11 heteroatoms. The van der Waals surface area contributed by atoms with Gasteiger partial charge in [0.2, 0.25) is 11.8 Å². The first-order valence-electron chi connectivity index (χ1n) is 11.8. The molecule has 2 saturated carbocycles. The Morgan fingerprint density at radius 2 is 1.68 bits per heavy atom. The molecule has 2 aliphatic carbocycles. The van der Waals surface area contributed by atoms with Crippen molar-refractivity contribution in [1.82, 2.24) is 4.98 Å². The Kier molecular flexibility index (Phi) is 5.17. The summed E-state index contributed by atoms with van der Waals surface area (Å²) in [5.41, 5.74) is 0.131. The van der Waals surface area contributed by atoms with Crippen LogP contribution in [0.4, 0.5) is 18.9 Å². The van der Waals surface area contributed by atoms with Crippen LogP contribution in [0.3, 0.4) is 0 Å². The Balaban J connectivity index is 1.30. The number of anilines is 1. The van der Waals surface area contributed by atoms with Crippen LogP contribution in [0, 0.1) is 29.6 Å². The van der Waals surface area contributed by atoms with E-state index < -0.39 is 35.4 Å². The Morgan fingerprint density at radius 3 is 2.38 bits per heavy atom. The molecule has 2 bridgehead atoms. The fourth-order valence-corrected chi connectivity index (χ4v) is 10.3. The summed E-state index contributed by atoms with van der Waals surface area (Å²) < 4.78 is 41.0. The molecule has 37 heavy (non-hydrogen) atoms. The molecule has 0 unspecified atom stereocenters. The van der Waals surface area contributed by atoms with Gasteiger partial charge in [0.05, 0.1) is 28.1 Å². The van der Waals surface area contributed by atoms with Crippen LogP contribution >= 0.6 is 39.0 Å². The molecule has 0 spiro atoms. The van der Waals surface area contributed by atoms with Crippen LogP contribution in [0.5, 0.6) is 0 Å². The molecule has 7 rings (SSSR count). The second-order valence-electron chi connectivity index (χ2n) is 10.1. The number of imide groups is 1. The van der Waals surface area contributed by atoms with Crippen LogP contribution in [-0.2, 0) is 15.8 Å². The van der Waals surface area contributed by atoms with Gasteiger partial charge in [0, 0.05) is 20.5 Å². The smallest absolute Gasteiger partial charge is 0.307 e. The first kappa shape index (κ1) is 23.7. The summed E-state index contributed by atoms with van der Waals surface area (Å²) in [4.78, 5) is 44.4. The van der Waals surface area contributed by atoms with Gasteiger partial charge in [0.1, 0.15) is 0 Å². The lowest BCUT2D eigenvalue weighted by atomic mass is 9.68. The highest BCUT2D eigenvalue weighted by Crippen LogP contribution is 2.68. The first-order chi connectivity index (χ1) is 17.6. The van der Waals surface area contributed by atoms with E-state index in [-0.39, 0.29) is 39.5 Å². The number of hydrogen-bond donors (Lipinski definition) is 1. The molecule has 1 saturated heterocycles. The van der Waals surface area contributed by atoms with Crippen molar-refractivity contribution in [3.63, 3.8) is 0 Å². The van der Waals surface area contributed by atoms with Gasteiger partial charge in [-0.15, -0.1) is 11.8 Å². The number of halogens is 4. The Hall–Kier alpha value is -2.37. The van der Waals surface area contributed by atoms with Crippen LogP contribution in [0.25, 0.3) is 0 Å². The minimum Gasteiger partial charge on any atom is -0.307 e. The molecule has 2 amide bonds. The fourth-order valence-electron chi connectivity index (χ4n) is 7.14. The lowest BCUT2D eigenvalue weighted by Crippen LogP contribution is -2.42. The minimum absolute atomic E-state index is 0.0239. The zero-order chi connectivity index (χ0) is 25.8. The third-order valence-electron chi connectivity index (χ3n) is 8.38. The average Bonchev–Trinajstić information content (AvgIpc) is 3.58. The number of alkyl halides is 3. The number of rotatable bonds is 2. The van der Waals surface area contributed by atoms with E-state index in [4.69, 9.17) is 0 Å². The summed E-state index contributed by atoms with van der Waals surface area (Å²) in [5.74, 6) is -2.19. The molecule has 190 valence electrons. The van der Waals surface area contributed by atoms with E-state index in [1.54, 1.807) is 11.8 Å². The van der Waals surface area contributed by atoms with Crippen molar-refractivity contribution in [3.8, 4) is 0 Å². The van der Waals surface area contributed by atoms with E-state index in [0.717, 1.165) is 43.4 Å². The first-order valence-corrected chi connectivity index (χ1v) is 14.3. The Morgan fingerprint density at radius 1 is 0.973 bits per heavy atom. The second-order valence-corrected chi connectivity index (χ2v) is 13.2. The monoisotopic (exact) mass is 606 g/mol. The SMILES string of the molecule is O=C1[C@H]2[C@@H]3C[C@H]([C@@H]2C(=O)N1c1cccc(C(F)(F)F)c1)[C@H]1[C@H](c2ccc(Br)cc2)c2sc(=O)[nH]c2S[C@H]31. The van der Waals surface area contributed by atoms with E-state index in [2.05, 4.69) is 20.9 Å². The van der Waals surface area contributed by atoms with Crippen LogP contribution < -0.4 is 9.77 Å². The molecule has 4 aliphatic rings. The number of aromatic nitrogens is 1. The number of nitrogens with one attached hydrogen (secondary N) is 1. The average molecular weight is 607 g/mol. The molecule has 3 fully saturated rings. The number of carbonyl (C=O) groups is 2.